The van der Waals surface area contributed by atoms with Crippen LogP contribution in [0, 0.1) is 39.5 Å². The first-order valence-corrected chi connectivity index (χ1v) is 15.9. The van der Waals surface area contributed by atoms with Crippen LogP contribution in [0.15, 0.2) is 60.7 Å². The summed E-state index contributed by atoms with van der Waals surface area (Å²) in [4.78, 5) is 59.1. The number of hydrogen-bond donors (Lipinski definition) is 2. The number of nitrogens with one attached hydrogen (secondary N) is 2. The molecule has 2 heterocycles. The molecule has 9 nitrogen and oxygen atoms in total. The van der Waals surface area contributed by atoms with Crippen molar-refractivity contribution in [2.24, 2.45) is 11.8 Å². The van der Waals surface area contributed by atoms with E-state index in [0.29, 0.717) is 22.7 Å². The number of benzene rings is 3. The van der Waals surface area contributed by atoms with Gasteiger partial charge in [-0.15, -0.1) is 0 Å². The molecule has 5 rings (SSSR count). The fraction of sp³-hybridized carbons (Fsp3) is 0.314. The van der Waals surface area contributed by atoms with Gasteiger partial charge in [0.25, 0.3) is 0 Å². The van der Waals surface area contributed by atoms with Crippen LogP contribution in [0.1, 0.15) is 54.0 Å². The van der Waals surface area contributed by atoms with Gasteiger partial charge in [-0.1, -0.05) is 54.4 Å². The molecule has 3 aromatic rings. The third-order valence-electron chi connectivity index (χ3n) is 8.49. The SMILES string of the molecule is CCC(C)Oc1ccc(C(C2C(=O)NC(=S)N(c3ccc(C)cc3C)C2=O)C2C(=O)NC(=S)N(c3ccc(C)cc3C)C2=O)cc1. The van der Waals surface area contributed by atoms with Gasteiger partial charge in [0.05, 0.1) is 17.5 Å². The van der Waals surface area contributed by atoms with Crippen molar-refractivity contribution in [3.05, 3.63) is 88.5 Å². The van der Waals surface area contributed by atoms with Crippen LogP contribution < -0.4 is 25.2 Å². The van der Waals surface area contributed by atoms with Crippen molar-refractivity contribution in [3.8, 4) is 5.75 Å². The van der Waals surface area contributed by atoms with Crippen molar-refractivity contribution >= 4 is 69.7 Å². The lowest BCUT2D eigenvalue weighted by atomic mass is 9.73. The summed E-state index contributed by atoms with van der Waals surface area (Å²) in [5.74, 6) is -6.30. The van der Waals surface area contributed by atoms with Gasteiger partial charge in [-0.3, -0.25) is 29.0 Å². The minimum absolute atomic E-state index is 0.0438. The van der Waals surface area contributed by atoms with Gasteiger partial charge in [0, 0.05) is 5.92 Å². The topological polar surface area (TPSA) is 108 Å². The molecule has 0 radical (unpaired) electrons. The van der Waals surface area contributed by atoms with Gasteiger partial charge >= 0.3 is 0 Å². The van der Waals surface area contributed by atoms with E-state index in [2.05, 4.69) is 10.6 Å². The number of amides is 4. The van der Waals surface area contributed by atoms with E-state index < -0.39 is 41.4 Å². The summed E-state index contributed by atoms with van der Waals surface area (Å²) in [6, 6.07) is 17.8. The lowest BCUT2D eigenvalue weighted by molar-refractivity contribution is -0.139. The molecule has 2 N–H and O–H groups in total. The predicted octanol–water partition coefficient (Wildman–Crippen LogP) is 5.31. The number of nitrogens with zero attached hydrogens (tertiary/aromatic N) is 2. The molecule has 46 heavy (non-hydrogen) atoms. The molecular weight excluding hydrogens is 621 g/mol. The number of anilines is 2. The summed E-state index contributed by atoms with van der Waals surface area (Å²) in [6.45, 7) is 11.5. The Morgan fingerprint density at radius 3 is 1.54 bits per heavy atom. The molecule has 3 unspecified atom stereocenters. The zero-order valence-electron chi connectivity index (χ0n) is 26.5. The molecule has 0 spiro atoms. The largest absolute Gasteiger partial charge is 0.491 e. The van der Waals surface area contributed by atoms with Crippen molar-refractivity contribution in [2.45, 2.75) is 60.0 Å². The molecule has 11 heteroatoms. The Hall–Kier alpha value is -4.48. The summed E-state index contributed by atoms with van der Waals surface area (Å²) in [5, 5.41) is 5.19. The van der Waals surface area contributed by atoms with Crippen LogP contribution in [0.3, 0.4) is 0 Å². The van der Waals surface area contributed by atoms with E-state index in [1.807, 2.05) is 65.8 Å². The van der Waals surface area contributed by atoms with E-state index in [9.17, 15) is 19.2 Å². The highest BCUT2D eigenvalue weighted by atomic mass is 32.1. The standard InChI is InChI=1S/C35H36N4O5S2/c1-7-22(6)44-24-12-10-23(11-13-24)27(28-30(40)36-34(45)38(32(28)42)25-14-8-18(2)16-20(25)4)29-31(41)37-35(46)39(33(29)43)26-15-9-19(3)17-21(26)5/h8-17,22,27-29H,7H2,1-6H3,(H,36,40,45)(H,37,41,46). The minimum Gasteiger partial charge on any atom is -0.491 e. The fourth-order valence-electron chi connectivity index (χ4n) is 6.04. The molecule has 4 amide bonds. The highest BCUT2D eigenvalue weighted by molar-refractivity contribution is 7.80. The van der Waals surface area contributed by atoms with Gasteiger partial charge in [0.2, 0.25) is 23.6 Å². The number of thiocarbonyl (C=S) groups is 2. The third-order valence-corrected chi connectivity index (χ3v) is 9.06. The summed E-state index contributed by atoms with van der Waals surface area (Å²) in [7, 11) is 0. The monoisotopic (exact) mass is 656 g/mol. The van der Waals surface area contributed by atoms with Crippen LogP contribution in [-0.2, 0) is 19.2 Å². The first-order chi connectivity index (χ1) is 21.8. The lowest BCUT2D eigenvalue weighted by Gasteiger charge is -2.41. The Labute approximate surface area is 279 Å². The number of carbonyl (C=O) groups is 4. The van der Waals surface area contributed by atoms with Crippen LogP contribution >= 0.6 is 24.4 Å². The molecule has 2 aliphatic heterocycles. The van der Waals surface area contributed by atoms with Gasteiger partial charge in [-0.05, 0) is 106 Å². The number of aryl methyl sites for hydroxylation is 4. The zero-order valence-corrected chi connectivity index (χ0v) is 28.2. The maximum atomic E-state index is 14.5. The third kappa shape index (κ3) is 6.17. The van der Waals surface area contributed by atoms with E-state index in [4.69, 9.17) is 29.2 Å². The molecule has 238 valence electrons. The Kier molecular flexibility index (Phi) is 9.37. The van der Waals surface area contributed by atoms with Crippen LogP contribution in [0.5, 0.6) is 5.75 Å². The molecule has 2 saturated heterocycles. The quantitative estimate of drug-likeness (QED) is 0.250. The number of rotatable bonds is 8. The van der Waals surface area contributed by atoms with E-state index in [1.165, 1.54) is 9.80 Å². The van der Waals surface area contributed by atoms with Crippen molar-refractivity contribution in [1.29, 1.82) is 0 Å². The molecule has 2 aliphatic rings. The van der Waals surface area contributed by atoms with Crippen molar-refractivity contribution in [1.82, 2.24) is 10.6 Å². The molecule has 0 saturated carbocycles. The lowest BCUT2D eigenvalue weighted by Crippen LogP contribution is -2.64. The highest BCUT2D eigenvalue weighted by Crippen LogP contribution is 2.41. The Bertz CT molecular complexity index is 1670. The second-order valence-electron chi connectivity index (χ2n) is 11.9. The maximum absolute atomic E-state index is 14.5. The van der Waals surface area contributed by atoms with Crippen LogP contribution in [0.25, 0.3) is 0 Å². The summed E-state index contributed by atoms with van der Waals surface area (Å²) in [5.41, 5.74) is 4.94. The van der Waals surface area contributed by atoms with Gasteiger partial charge in [0.15, 0.2) is 10.2 Å². The second kappa shape index (κ2) is 13.1. The molecule has 0 bridgehead atoms. The predicted molar refractivity (Wildman–Crippen MR) is 185 cm³/mol. The van der Waals surface area contributed by atoms with E-state index in [0.717, 1.165) is 28.7 Å². The van der Waals surface area contributed by atoms with E-state index >= 15 is 0 Å². The van der Waals surface area contributed by atoms with Gasteiger partial charge < -0.3 is 15.4 Å². The first-order valence-electron chi connectivity index (χ1n) is 15.1. The average molecular weight is 657 g/mol. The summed E-state index contributed by atoms with van der Waals surface area (Å²) in [6.07, 6.45) is 0.748. The van der Waals surface area contributed by atoms with Crippen molar-refractivity contribution < 1.29 is 23.9 Å². The smallest absolute Gasteiger partial charge is 0.246 e. The van der Waals surface area contributed by atoms with Crippen LogP contribution in [-0.4, -0.2) is 40.0 Å². The normalized spacial score (nSPS) is 20.0. The number of ether oxygens (including phenoxy) is 1. The Balaban J connectivity index is 1.65. The fourth-order valence-corrected chi connectivity index (χ4v) is 6.62. The summed E-state index contributed by atoms with van der Waals surface area (Å²) >= 11 is 11.0. The van der Waals surface area contributed by atoms with Crippen molar-refractivity contribution in [3.63, 3.8) is 0 Å². The summed E-state index contributed by atoms with van der Waals surface area (Å²) < 4.78 is 5.95. The zero-order chi connectivity index (χ0) is 33.4. The molecule has 0 aliphatic carbocycles. The molecule has 0 aromatic heterocycles. The molecule has 2 fully saturated rings. The number of hydrogen-bond acceptors (Lipinski definition) is 7. The van der Waals surface area contributed by atoms with Gasteiger partial charge in [-0.2, -0.15) is 0 Å². The highest BCUT2D eigenvalue weighted by Gasteiger charge is 2.54. The first kappa shape index (κ1) is 32.9. The van der Waals surface area contributed by atoms with E-state index in [1.54, 1.807) is 36.4 Å². The van der Waals surface area contributed by atoms with Crippen LogP contribution in [0.2, 0.25) is 0 Å². The van der Waals surface area contributed by atoms with Gasteiger partial charge in [-0.25, -0.2) is 0 Å². The Morgan fingerprint density at radius 1 is 0.717 bits per heavy atom. The van der Waals surface area contributed by atoms with Gasteiger partial charge in [0.1, 0.15) is 17.6 Å². The second-order valence-corrected chi connectivity index (χ2v) is 12.7. The minimum atomic E-state index is -1.49. The maximum Gasteiger partial charge on any atom is 0.246 e. The Morgan fingerprint density at radius 2 is 1.15 bits per heavy atom. The van der Waals surface area contributed by atoms with E-state index in [-0.39, 0.29) is 16.3 Å². The van der Waals surface area contributed by atoms with Crippen LogP contribution in [0.4, 0.5) is 11.4 Å². The number of carbonyl (C=O) groups excluding carboxylic acids is 4. The average Bonchev–Trinajstić information content (AvgIpc) is 2.98. The molecule has 3 atom stereocenters. The van der Waals surface area contributed by atoms with Crippen molar-refractivity contribution in [2.75, 3.05) is 9.80 Å². The molecular formula is C35H36N4O5S2. The molecule has 3 aromatic carbocycles.